The van der Waals surface area contributed by atoms with Gasteiger partial charge < -0.3 is 19.9 Å². The molecule has 0 fully saturated rings. The van der Waals surface area contributed by atoms with Gasteiger partial charge in [-0.1, -0.05) is 36.7 Å². The third-order valence-corrected chi connectivity index (χ3v) is 4.11. The molecule has 0 aliphatic carbocycles. The predicted molar refractivity (Wildman–Crippen MR) is 120 cm³/mol. The lowest BCUT2D eigenvalue weighted by Crippen LogP contribution is -2.38. The van der Waals surface area contributed by atoms with Crippen molar-refractivity contribution in [3.63, 3.8) is 0 Å². The number of nitrogens with zero attached hydrogens (tertiary/aromatic N) is 2. The van der Waals surface area contributed by atoms with Gasteiger partial charge >= 0.3 is 0 Å². The lowest BCUT2D eigenvalue weighted by Gasteiger charge is -2.20. The Morgan fingerprint density at radius 1 is 1.26 bits per heavy atom. The van der Waals surface area contributed by atoms with Crippen LogP contribution in [0.25, 0.3) is 0 Å². The van der Waals surface area contributed by atoms with Crippen LogP contribution < -0.4 is 15.4 Å². The van der Waals surface area contributed by atoms with Gasteiger partial charge in [-0.3, -0.25) is 0 Å². The molecule has 1 unspecified atom stereocenters. The largest absolute Gasteiger partial charge is 0.496 e. The molecule has 1 heterocycles. The highest BCUT2D eigenvalue weighted by molar-refractivity contribution is 14.0. The van der Waals surface area contributed by atoms with Crippen LogP contribution >= 0.6 is 24.0 Å². The van der Waals surface area contributed by atoms with E-state index in [9.17, 15) is 0 Å². The summed E-state index contributed by atoms with van der Waals surface area (Å²) in [5.41, 5.74) is 3.24. The zero-order chi connectivity index (χ0) is 19.1. The molecule has 0 saturated carbocycles. The maximum absolute atomic E-state index is 5.49. The molecule has 1 aromatic carbocycles. The second-order valence-corrected chi connectivity index (χ2v) is 6.68. The normalized spacial score (nSPS) is 12.5. The third kappa shape index (κ3) is 6.71. The van der Waals surface area contributed by atoms with E-state index >= 15 is 0 Å². The Bertz CT molecular complexity index is 743. The Labute approximate surface area is 179 Å². The van der Waals surface area contributed by atoms with Gasteiger partial charge in [-0.2, -0.15) is 0 Å². The minimum atomic E-state index is 0. The first-order valence-corrected chi connectivity index (χ1v) is 9.09. The first-order chi connectivity index (χ1) is 12.4. The molecule has 1 atom stereocenters. The average Bonchev–Trinajstić information content (AvgIpc) is 3.09. The molecule has 2 aromatic rings. The Morgan fingerprint density at radius 3 is 2.59 bits per heavy atom. The van der Waals surface area contributed by atoms with Crippen LogP contribution in [0.5, 0.6) is 5.75 Å². The number of rotatable bonds is 7. The predicted octanol–water partition coefficient (Wildman–Crippen LogP) is 4.55. The van der Waals surface area contributed by atoms with Crippen molar-refractivity contribution < 1.29 is 9.26 Å². The van der Waals surface area contributed by atoms with E-state index in [2.05, 4.69) is 54.5 Å². The molecular formula is C20H31IN4O2. The summed E-state index contributed by atoms with van der Waals surface area (Å²) in [6, 6.07) is 8.18. The van der Waals surface area contributed by atoms with Gasteiger partial charge in [0.25, 0.3) is 0 Å². The Kier molecular flexibility index (Phi) is 9.62. The first-order valence-electron chi connectivity index (χ1n) is 9.09. The number of halogens is 1. The van der Waals surface area contributed by atoms with Gasteiger partial charge in [0.1, 0.15) is 12.3 Å². The Balaban J connectivity index is 0.00000364. The van der Waals surface area contributed by atoms with Crippen molar-refractivity contribution in [1.82, 2.24) is 15.8 Å². The number of methoxy groups -OCH3 is 1. The smallest absolute Gasteiger partial charge is 0.192 e. The van der Waals surface area contributed by atoms with Gasteiger partial charge in [-0.25, -0.2) is 4.99 Å². The van der Waals surface area contributed by atoms with Gasteiger partial charge in [0, 0.05) is 18.2 Å². The molecule has 2 rings (SSSR count). The van der Waals surface area contributed by atoms with Crippen molar-refractivity contribution in [3.8, 4) is 5.75 Å². The van der Waals surface area contributed by atoms with Crippen molar-refractivity contribution in [2.75, 3.05) is 13.7 Å². The van der Waals surface area contributed by atoms with Crippen LogP contribution in [0.2, 0.25) is 0 Å². The van der Waals surface area contributed by atoms with Crippen LogP contribution in [0.1, 0.15) is 62.2 Å². The molecule has 0 radical (unpaired) electrons. The maximum atomic E-state index is 5.49. The third-order valence-electron chi connectivity index (χ3n) is 4.11. The summed E-state index contributed by atoms with van der Waals surface area (Å²) in [5.74, 6) is 2.69. The second-order valence-electron chi connectivity index (χ2n) is 6.68. The van der Waals surface area contributed by atoms with Crippen LogP contribution in [0.15, 0.2) is 33.8 Å². The molecule has 6 nitrogen and oxygen atoms in total. The number of guanidine groups is 1. The fourth-order valence-electron chi connectivity index (χ4n) is 2.63. The summed E-state index contributed by atoms with van der Waals surface area (Å²) in [7, 11) is 1.69. The molecule has 150 valence electrons. The number of nitrogens with one attached hydrogen (secondary N) is 2. The summed E-state index contributed by atoms with van der Waals surface area (Å²) in [5, 5.41) is 10.8. The van der Waals surface area contributed by atoms with Gasteiger partial charge in [0.2, 0.25) is 0 Å². The molecule has 0 aliphatic rings. The fourth-order valence-corrected chi connectivity index (χ4v) is 2.63. The lowest BCUT2D eigenvalue weighted by molar-refractivity contribution is 0.376. The lowest BCUT2D eigenvalue weighted by atomic mass is 10.0. The highest BCUT2D eigenvalue weighted by Gasteiger charge is 2.14. The van der Waals surface area contributed by atoms with Gasteiger partial charge in [0.15, 0.2) is 11.7 Å². The summed E-state index contributed by atoms with van der Waals surface area (Å²) in [4.78, 5) is 4.62. The van der Waals surface area contributed by atoms with Crippen molar-refractivity contribution in [2.24, 2.45) is 4.99 Å². The molecular weight excluding hydrogens is 455 g/mol. The summed E-state index contributed by atoms with van der Waals surface area (Å²) in [6.45, 7) is 11.6. The van der Waals surface area contributed by atoms with Crippen molar-refractivity contribution in [3.05, 3.63) is 46.8 Å². The van der Waals surface area contributed by atoms with Crippen LogP contribution in [0.4, 0.5) is 0 Å². The second kappa shape index (κ2) is 11.2. The zero-order valence-electron chi connectivity index (χ0n) is 17.0. The first kappa shape index (κ1) is 23.3. The average molecular weight is 486 g/mol. The number of benzene rings is 1. The van der Waals surface area contributed by atoms with Gasteiger partial charge in [0.05, 0.1) is 18.8 Å². The van der Waals surface area contributed by atoms with Crippen LogP contribution in [0, 0.1) is 6.92 Å². The van der Waals surface area contributed by atoms with Gasteiger partial charge in [-0.05, 0) is 32.8 Å². The number of aliphatic imine (C=N–C) groups is 1. The standard InChI is InChI=1S/C20H30N4O2.HI/c1-7-21-20(22-12-16-11-18(13(2)3)24-26-16)23-15(5)17-10-14(4)8-9-19(17)25-6;/h8-11,13,15H,7,12H2,1-6H3,(H2,21,22,23);1H. The van der Waals surface area contributed by atoms with E-state index in [-0.39, 0.29) is 30.0 Å². The minimum Gasteiger partial charge on any atom is -0.496 e. The van der Waals surface area contributed by atoms with Crippen LogP contribution in [-0.4, -0.2) is 24.8 Å². The van der Waals surface area contributed by atoms with E-state index in [4.69, 9.17) is 9.26 Å². The van der Waals surface area contributed by atoms with Crippen molar-refractivity contribution in [1.29, 1.82) is 0 Å². The number of aryl methyl sites for hydroxylation is 1. The zero-order valence-corrected chi connectivity index (χ0v) is 19.3. The molecule has 0 aliphatic heterocycles. The summed E-state index contributed by atoms with van der Waals surface area (Å²) < 4.78 is 10.9. The summed E-state index contributed by atoms with van der Waals surface area (Å²) in [6.07, 6.45) is 0. The highest BCUT2D eigenvalue weighted by Crippen LogP contribution is 2.26. The highest BCUT2D eigenvalue weighted by atomic mass is 127. The molecule has 0 spiro atoms. The maximum Gasteiger partial charge on any atom is 0.192 e. The number of aromatic nitrogens is 1. The number of ether oxygens (including phenoxy) is 1. The van der Waals surface area contributed by atoms with E-state index in [0.29, 0.717) is 12.5 Å². The van der Waals surface area contributed by atoms with E-state index < -0.39 is 0 Å². The van der Waals surface area contributed by atoms with Crippen LogP contribution in [0.3, 0.4) is 0 Å². The van der Waals surface area contributed by atoms with Gasteiger partial charge in [-0.15, -0.1) is 24.0 Å². The molecule has 0 amide bonds. The molecule has 7 heteroatoms. The van der Waals surface area contributed by atoms with Crippen molar-refractivity contribution in [2.45, 2.75) is 53.1 Å². The molecule has 1 aromatic heterocycles. The van der Waals surface area contributed by atoms with Crippen LogP contribution in [-0.2, 0) is 6.54 Å². The molecule has 0 saturated heterocycles. The van der Waals surface area contributed by atoms with E-state index in [1.807, 2.05) is 25.1 Å². The van der Waals surface area contributed by atoms with E-state index in [1.165, 1.54) is 5.56 Å². The monoisotopic (exact) mass is 486 g/mol. The SMILES string of the molecule is CCNC(=NCc1cc(C(C)C)no1)NC(C)c1cc(C)ccc1OC.I. The van der Waals surface area contributed by atoms with E-state index in [1.54, 1.807) is 7.11 Å². The quantitative estimate of drug-likeness (QED) is 0.342. The molecule has 0 bridgehead atoms. The topological polar surface area (TPSA) is 71.7 Å². The Hall–Kier alpha value is -1.77. The van der Waals surface area contributed by atoms with E-state index in [0.717, 1.165) is 35.3 Å². The summed E-state index contributed by atoms with van der Waals surface area (Å²) >= 11 is 0. The molecule has 27 heavy (non-hydrogen) atoms. The molecule has 2 N–H and O–H groups in total. The minimum absolute atomic E-state index is 0. The van der Waals surface area contributed by atoms with Crippen molar-refractivity contribution >= 4 is 29.9 Å². The Morgan fingerprint density at radius 2 is 2.00 bits per heavy atom. The number of hydrogen-bond donors (Lipinski definition) is 2. The number of hydrogen-bond acceptors (Lipinski definition) is 4. The fraction of sp³-hybridized carbons (Fsp3) is 0.500.